The first-order valence-corrected chi connectivity index (χ1v) is 10.6. The summed E-state index contributed by atoms with van der Waals surface area (Å²) in [7, 11) is 0. The fourth-order valence-corrected chi connectivity index (χ4v) is 4.29. The number of carbonyl (C=O) groups is 2. The van der Waals surface area contributed by atoms with Crippen molar-refractivity contribution in [3.05, 3.63) is 23.8 Å². The van der Waals surface area contributed by atoms with Crippen molar-refractivity contribution in [2.24, 2.45) is 23.7 Å². The first-order chi connectivity index (χ1) is 13.7. The lowest BCUT2D eigenvalue weighted by Crippen LogP contribution is -2.40. The maximum atomic E-state index is 12.4. The molecule has 3 N–H and O–H groups in total. The number of rotatable bonds is 9. The van der Waals surface area contributed by atoms with Crippen LogP contribution in [-0.2, 0) is 14.3 Å². The van der Waals surface area contributed by atoms with Gasteiger partial charge in [-0.3, -0.25) is 4.79 Å². The summed E-state index contributed by atoms with van der Waals surface area (Å²) in [6.45, 7) is 5.97. The van der Waals surface area contributed by atoms with Gasteiger partial charge in [0.2, 0.25) is 6.29 Å². The van der Waals surface area contributed by atoms with Crippen LogP contribution in [0, 0.1) is 23.7 Å². The first kappa shape index (κ1) is 23.4. The van der Waals surface area contributed by atoms with Gasteiger partial charge in [0.15, 0.2) is 0 Å². The normalized spacial score (nSPS) is 29.2. The van der Waals surface area contributed by atoms with Gasteiger partial charge in [0.1, 0.15) is 6.10 Å². The second-order valence-corrected chi connectivity index (χ2v) is 8.28. The molecule has 0 heterocycles. The van der Waals surface area contributed by atoms with Gasteiger partial charge in [0.25, 0.3) is 0 Å². The molecule has 29 heavy (non-hydrogen) atoms. The summed E-state index contributed by atoms with van der Waals surface area (Å²) < 4.78 is 10.2. The summed E-state index contributed by atoms with van der Waals surface area (Å²) in [5.74, 6) is 0.246. The molecule has 0 aromatic rings. The van der Waals surface area contributed by atoms with Crippen LogP contribution in [-0.4, -0.2) is 45.9 Å². The Bertz CT molecular complexity index is 627. The van der Waals surface area contributed by atoms with Gasteiger partial charge in [0.05, 0.1) is 12.0 Å². The number of carbonyl (C=O) groups excluding carboxylic acids is 1. The molecule has 7 heteroatoms. The van der Waals surface area contributed by atoms with E-state index in [2.05, 4.69) is 29.9 Å². The minimum Gasteiger partial charge on any atom is -0.461 e. The molecule has 0 saturated carbocycles. The third-order valence-corrected chi connectivity index (χ3v) is 6.17. The van der Waals surface area contributed by atoms with Crippen molar-refractivity contribution in [3.63, 3.8) is 0 Å². The molecule has 0 amide bonds. The van der Waals surface area contributed by atoms with Crippen LogP contribution in [0.2, 0.25) is 0 Å². The zero-order valence-electron chi connectivity index (χ0n) is 17.5. The van der Waals surface area contributed by atoms with Crippen LogP contribution >= 0.6 is 0 Å². The van der Waals surface area contributed by atoms with Crippen LogP contribution in [0.4, 0.5) is 4.79 Å². The smallest absolute Gasteiger partial charge is 0.461 e. The van der Waals surface area contributed by atoms with Crippen LogP contribution < -0.4 is 0 Å². The van der Waals surface area contributed by atoms with Gasteiger partial charge in [-0.1, -0.05) is 39.0 Å². The second-order valence-electron chi connectivity index (χ2n) is 8.28. The standard InChI is InChI=1S/C22H34O7/c1-4-13(2)21(25)28-18-7-5-6-15-9-8-14(3)17(20(15)18)11-10-16(23)12-19(24)29-22(26)27/h6,8-9,13-14,16-20,23-24H,4-5,7,10-12H2,1-3H3,(H,26,27)/t13-,14-,16+,17-,18-,19+,20-/m0/s1. The third kappa shape index (κ3) is 6.57. The number of aliphatic hydroxyl groups excluding tert-OH is 2. The number of ether oxygens (including phenoxy) is 2. The number of aliphatic hydroxyl groups is 2. The molecule has 2 rings (SSSR count). The van der Waals surface area contributed by atoms with Crippen molar-refractivity contribution in [3.8, 4) is 0 Å². The topological polar surface area (TPSA) is 113 Å². The number of esters is 1. The molecule has 7 nitrogen and oxygen atoms in total. The molecule has 7 atom stereocenters. The van der Waals surface area contributed by atoms with Crippen LogP contribution in [0.1, 0.15) is 59.3 Å². The molecular formula is C22H34O7. The van der Waals surface area contributed by atoms with Crippen molar-refractivity contribution in [2.45, 2.75) is 77.8 Å². The Morgan fingerprint density at radius 1 is 1.31 bits per heavy atom. The van der Waals surface area contributed by atoms with Gasteiger partial charge in [0, 0.05) is 12.3 Å². The predicted molar refractivity (Wildman–Crippen MR) is 107 cm³/mol. The second kappa shape index (κ2) is 10.8. The predicted octanol–water partition coefficient (Wildman–Crippen LogP) is 3.65. The molecule has 0 radical (unpaired) electrons. The monoisotopic (exact) mass is 410 g/mol. The molecule has 0 aromatic heterocycles. The Morgan fingerprint density at radius 2 is 2.03 bits per heavy atom. The molecule has 2 aliphatic rings. The van der Waals surface area contributed by atoms with E-state index in [4.69, 9.17) is 9.84 Å². The fourth-order valence-electron chi connectivity index (χ4n) is 4.29. The molecule has 164 valence electrons. The van der Waals surface area contributed by atoms with Crippen LogP contribution in [0.25, 0.3) is 0 Å². The average Bonchev–Trinajstić information content (AvgIpc) is 2.66. The SMILES string of the molecule is CC[C@H](C)C(=O)O[C@H]1CCC=C2C=C[C@H](C)[C@H](CC[C@@H](O)C[C@H](O)OC(=O)O)[C@H]21. The lowest BCUT2D eigenvalue weighted by molar-refractivity contribution is -0.158. The summed E-state index contributed by atoms with van der Waals surface area (Å²) in [6.07, 6.45) is 5.63. The largest absolute Gasteiger partial charge is 0.508 e. The van der Waals surface area contributed by atoms with E-state index in [0.29, 0.717) is 12.8 Å². The van der Waals surface area contributed by atoms with E-state index in [9.17, 15) is 19.8 Å². The molecule has 0 aromatic carbocycles. The molecule has 2 aliphatic carbocycles. The van der Waals surface area contributed by atoms with Gasteiger partial charge < -0.3 is 24.8 Å². The summed E-state index contributed by atoms with van der Waals surface area (Å²) >= 11 is 0. The van der Waals surface area contributed by atoms with Crippen molar-refractivity contribution < 1.29 is 34.4 Å². The minimum atomic E-state index is -1.57. The maximum absolute atomic E-state index is 12.4. The van der Waals surface area contributed by atoms with E-state index in [0.717, 1.165) is 19.3 Å². The first-order valence-electron chi connectivity index (χ1n) is 10.6. The Balaban J connectivity index is 2.03. The van der Waals surface area contributed by atoms with Gasteiger partial charge in [-0.2, -0.15) is 0 Å². The van der Waals surface area contributed by atoms with E-state index in [1.807, 2.05) is 13.8 Å². The van der Waals surface area contributed by atoms with Crippen molar-refractivity contribution in [1.82, 2.24) is 0 Å². The third-order valence-electron chi connectivity index (χ3n) is 6.17. The quantitative estimate of drug-likeness (QED) is 0.393. The van der Waals surface area contributed by atoms with E-state index in [-0.39, 0.29) is 42.2 Å². The van der Waals surface area contributed by atoms with Gasteiger partial charge in [-0.05, 0) is 49.5 Å². The molecule has 0 bridgehead atoms. The number of carboxylic acid groups (broad SMARTS) is 1. The highest BCUT2D eigenvalue weighted by atomic mass is 16.7. The van der Waals surface area contributed by atoms with Gasteiger partial charge in [-0.15, -0.1) is 0 Å². The molecule has 0 fully saturated rings. The summed E-state index contributed by atoms with van der Waals surface area (Å²) in [5, 5.41) is 28.3. The number of allylic oxidation sites excluding steroid dienone is 3. The molecule has 0 aliphatic heterocycles. The number of hydrogen-bond donors (Lipinski definition) is 3. The highest BCUT2D eigenvalue weighted by molar-refractivity contribution is 5.72. The Kier molecular flexibility index (Phi) is 8.71. The number of fused-ring (bicyclic) bond motifs is 1. The lowest BCUT2D eigenvalue weighted by atomic mass is 9.66. The summed E-state index contributed by atoms with van der Waals surface area (Å²) in [5.41, 5.74) is 1.19. The van der Waals surface area contributed by atoms with Gasteiger partial charge in [-0.25, -0.2) is 4.79 Å². The van der Waals surface area contributed by atoms with E-state index in [1.165, 1.54) is 5.57 Å². The Hall–Kier alpha value is -1.86. The molecule has 0 spiro atoms. The zero-order chi connectivity index (χ0) is 21.6. The van der Waals surface area contributed by atoms with Gasteiger partial charge >= 0.3 is 12.1 Å². The van der Waals surface area contributed by atoms with E-state index in [1.54, 1.807) is 0 Å². The minimum absolute atomic E-state index is 0.0872. The van der Waals surface area contributed by atoms with E-state index < -0.39 is 18.5 Å². The molecule has 0 saturated heterocycles. The summed E-state index contributed by atoms with van der Waals surface area (Å²) in [6, 6.07) is 0. The molecular weight excluding hydrogens is 376 g/mol. The lowest BCUT2D eigenvalue weighted by Gasteiger charge is -2.42. The Morgan fingerprint density at radius 3 is 2.69 bits per heavy atom. The zero-order valence-corrected chi connectivity index (χ0v) is 17.5. The molecule has 0 unspecified atom stereocenters. The van der Waals surface area contributed by atoms with Crippen molar-refractivity contribution in [1.29, 1.82) is 0 Å². The number of hydrogen-bond acceptors (Lipinski definition) is 6. The average molecular weight is 411 g/mol. The van der Waals surface area contributed by atoms with Crippen LogP contribution in [0.15, 0.2) is 23.8 Å². The summed E-state index contributed by atoms with van der Waals surface area (Å²) in [4.78, 5) is 22.9. The van der Waals surface area contributed by atoms with Crippen molar-refractivity contribution in [2.75, 3.05) is 0 Å². The van der Waals surface area contributed by atoms with Crippen molar-refractivity contribution >= 4 is 12.1 Å². The highest BCUT2D eigenvalue weighted by Crippen LogP contribution is 2.44. The van der Waals surface area contributed by atoms with Crippen LogP contribution in [0.5, 0.6) is 0 Å². The Labute approximate surface area is 172 Å². The fraction of sp³-hybridized carbons (Fsp3) is 0.727. The van der Waals surface area contributed by atoms with Crippen LogP contribution in [0.3, 0.4) is 0 Å². The maximum Gasteiger partial charge on any atom is 0.508 e. The highest BCUT2D eigenvalue weighted by Gasteiger charge is 2.40. The van der Waals surface area contributed by atoms with E-state index >= 15 is 0 Å².